The van der Waals surface area contributed by atoms with E-state index in [1.54, 1.807) is 6.20 Å². The Bertz CT molecular complexity index is 917. The maximum atomic E-state index is 12.2. The van der Waals surface area contributed by atoms with E-state index in [1.165, 1.54) is 28.5 Å². The Morgan fingerprint density at radius 1 is 1.12 bits per heavy atom. The highest BCUT2D eigenvalue weighted by molar-refractivity contribution is 7.99. The lowest BCUT2D eigenvalue weighted by Gasteiger charge is -2.11. The first kappa shape index (κ1) is 18.3. The van der Waals surface area contributed by atoms with Crippen molar-refractivity contribution in [2.24, 2.45) is 0 Å². The molecule has 0 aliphatic heterocycles. The standard InChI is InChI=1S/C21H23N3OS/c1-15-8-9-18(17(3)12-15)13-23-20(25)14-26-21-22-10-11-24(21)19-7-5-4-6-16(19)2/h4-12H,13-14H2,1-3H3,(H,23,25). The van der Waals surface area contributed by atoms with Crippen molar-refractivity contribution in [1.29, 1.82) is 0 Å². The second-order valence-electron chi connectivity index (χ2n) is 6.36. The molecule has 0 fully saturated rings. The van der Waals surface area contributed by atoms with Crippen LogP contribution in [0.5, 0.6) is 0 Å². The first-order valence-electron chi connectivity index (χ1n) is 8.59. The van der Waals surface area contributed by atoms with Gasteiger partial charge in [0.05, 0.1) is 11.4 Å². The van der Waals surface area contributed by atoms with E-state index in [4.69, 9.17) is 0 Å². The SMILES string of the molecule is Cc1ccc(CNC(=O)CSc2nccn2-c2ccccc2C)c(C)c1. The molecule has 0 atom stereocenters. The van der Waals surface area contributed by atoms with Crippen LogP contribution in [0.15, 0.2) is 60.0 Å². The molecule has 1 heterocycles. The van der Waals surface area contributed by atoms with Gasteiger partial charge >= 0.3 is 0 Å². The molecule has 1 aromatic heterocycles. The zero-order valence-electron chi connectivity index (χ0n) is 15.3. The summed E-state index contributed by atoms with van der Waals surface area (Å²) in [6, 6.07) is 14.4. The average Bonchev–Trinajstić information content (AvgIpc) is 3.08. The number of aryl methyl sites for hydroxylation is 3. The van der Waals surface area contributed by atoms with Gasteiger partial charge in [-0.1, -0.05) is 53.7 Å². The van der Waals surface area contributed by atoms with Gasteiger partial charge in [-0.15, -0.1) is 0 Å². The average molecular weight is 366 g/mol. The predicted molar refractivity (Wildman–Crippen MR) is 107 cm³/mol. The highest BCUT2D eigenvalue weighted by Crippen LogP contribution is 2.22. The number of hydrogen-bond donors (Lipinski definition) is 1. The van der Waals surface area contributed by atoms with Gasteiger partial charge in [0.1, 0.15) is 0 Å². The molecular formula is C21H23N3OS. The van der Waals surface area contributed by atoms with Crippen LogP contribution in [0.4, 0.5) is 0 Å². The van der Waals surface area contributed by atoms with Crippen molar-refractivity contribution >= 4 is 17.7 Å². The van der Waals surface area contributed by atoms with Gasteiger partial charge in [0.2, 0.25) is 5.91 Å². The van der Waals surface area contributed by atoms with E-state index >= 15 is 0 Å². The minimum atomic E-state index is 0.00862. The third-order valence-electron chi connectivity index (χ3n) is 4.29. The normalized spacial score (nSPS) is 10.7. The zero-order chi connectivity index (χ0) is 18.5. The van der Waals surface area contributed by atoms with Crippen molar-refractivity contribution in [3.63, 3.8) is 0 Å². The third kappa shape index (κ3) is 4.35. The summed E-state index contributed by atoms with van der Waals surface area (Å²) in [7, 11) is 0. The first-order chi connectivity index (χ1) is 12.5. The van der Waals surface area contributed by atoms with Gasteiger partial charge in [-0.3, -0.25) is 9.36 Å². The number of nitrogens with one attached hydrogen (secondary N) is 1. The van der Waals surface area contributed by atoms with Crippen molar-refractivity contribution in [3.8, 4) is 5.69 Å². The number of benzene rings is 2. The molecule has 0 saturated carbocycles. The minimum absolute atomic E-state index is 0.00862. The summed E-state index contributed by atoms with van der Waals surface area (Å²) in [6.45, 7) is 6.77. The molecule has 1 amide bonds. The van der Waals surface area contributed by atoms with Crippen molar-refractivity contribution in [3.05, 3.63) is 77.1 Å². The topological polar surface area (TPSA) is 46.9 Å². The second-order valence-corrected chi connectivity index (χ2v) is 7.30. The molecule has 3 aromatic rings. The van der Waals surface area contributed by atoms with Crippen LogP contribution in [0.25, 0.3) is 5.69 Å². The van der Waals surface area contributed by atoms with Crippen LogP contribution < -0.4 is 5.32 Å². The third-order valence-corrected chi connectivity index (χ3v) is 5.26. The van der Waals surface area contributed by atoms with Crippen LogP contribution >= 0.6 is 11.8 Å². The molecule has 1 N–H and O–H groups in total. The molecule has 134 valence electrons. The summed E-state index contributed by atoms with van der Waals surface area (Å²) in [4.78, 5) is 16.6. The summed E-state index contributed by atoms with van der Waals surface area (Å²) in [5, 5.41) is 3.82. The summed E-state index contributed by atoms with van der Waals surface area (Å²) >= 11 is 1.45. The fourth-order valence-corrected chi connectivity index (χ4v) is 3.63. The Balaban J connectivity index is 1.59. The minimum Gasteiger partial charge on any atom is -0.351 e. The number of carbonyl (C=O) groups excluding carboxylic acids is 1. The van der Waals surface area contributed by atoms with Crippen LogP contribution in [0.1, 0.15) is 22.3 Å². The maximum Gasteiger partial charge on any atom is 0.230 e. The quantitative estimate of drug-likeness (QED) is 0.666. The smallest absolute Gasteiger partial charge is 0.230 e. The van der Waals surface area contributed by atoms with Gasteiger partial charge in [0.15, 0.2) is 5.16 Å². The van der Waals surface area contributed by atoms with Crippen LogP contribution in [0.3, 0.4) is 0 Å². The first-order valence-corrected chi connectivity index (χ1v) is 9.58. The molecule has 0 aliphatic rings. The summed E-state index contributed by atoms with van der Waals surface area (Å²) in [5.74, 6) is 0.350. The zero-order valence-corrected chi connectivity index (χ0v) is 16.1. The van der Waals surface area contributed by atoms with Crippen LogP contribution in [-0.2, 0) is 11.3 Å². The number of imidazole rings is 1. The largest absolute Gasteiger partial charge is 0.351 e. The maximum absolute atomic E-state index is 12.2. The number of hydrogen-bond acceptors (Lipinski definition) is 3. The predicted octanol–water partition coefficient (Wildman–Crippen LogP) is 4.21. The van der Waals surface area contributed by atoms with Gasteiger partial charge in [-0.05, 0) is 43.5 Å². The van der Waals surface area contributed by atoms with Gasteiger partial charge in [0.25, 0.3) is 0 Å². The van der Waals surface area contributed by atoms with E-state index in [-0.39, 0.29) is 5.91 Å². The Kier molecular flexibility index (Phi) is 5.78. The number of para-hydroxylation sites is 1. The van der Waals surface area contributed by atoms with E-state index in [2.05, 4.69) is 61.4 Å². The van der Waals surface area contributed by atoms with E-state index in [0.29, 0.717) is 12.3 Å². The van der Waals surface area contributed by atoms with E-state index in [0.717, 1.165) is 16.4 Å². The van der Waals surface area contributed by atoms with Gasteiger partial charge < -0.3 is 5.32 Å². The van der Waals surface area contributed by atoms with Crippen LogP contribution in [0.2, 0.25) is 0 Å². The molecule has 0 bridgehead atoms. The van der Waals surface area contributed by atoms with E-state index in [1.807, 2.05) is 22.9 Å². The number of aromatic nitrogens is 2. The molecule has 0 spiro atoms. The van der Waals surface area contributed by atoms with Crippen molar-refractivity contribution < 1.29 is 4.79 Å². The van der Waals surface area contributed by atoms with Crippen molar-refractivity contribution in [1.82, 2.24) is 14.9 Å². The molecular weight excluding hydrogens is 342 g/mol. The van der Waals surface area contributed by atoms with E-state index < -0.39 is 0 Å². The van der Waals surface area contributed by atoms with Gasteiger partial charge in [-0.2, -0.15) is 0 Å². The Labute approximate surface area is 158 Å². The summed E-state index contributed by atoms with van der Waals surface area (Å²) in [6.07, 6.45) is 3.70. The lowest BCUT2D eigenvalue weighted by atomic mass is 10.1. The number of thioether (sulfide) groups is 1. The fourth-order valence-electron chi connectivity index (χ4n) is 2.83. The highest BCUT2D eigenvalue weighted by atomic mass is 32.2. The molecule has 26 heavy (non-hydrogen) atoms. The molecule has 5 heteroatoms. The number of rotatable bonds is 6. The molecule has 4 nitrogen and oxygen atoms in total. The highest BCUT2D eigenvalue weighted by Gasteiger charge is 2.10. The fraction of sp³-hybridized carbons (Fsp3) is 0.238. The van der Waals surface area contributed by atoms with Gasteiger partial charge in [0, 0.05) is 18.9 Å². The van der Waals surface area contributed by atoms with Crippen LogP contribution in [0, 0.1) is 20.8 Å². The monoisotopic (exact) mass is 365 g/mol. The number of carbonyl (C=O) groups is 1. The molecule has 3 rings (SSSR count). The molecule has 0 unspecified atom stereocenters. The lowest BCUT2D eigenvalue weighted by molar-refractivity contribution is -0.118. The summed E-state index contributed by atoms with van der Waals surface area (Å²) in [5.41, 5.74) is 5.84. The molecule has 0 radical (unpaired) electrons. The molecule has 0 aliphatic carbocycles. The van der Waals surface area contributed by atoms with Gasteiger partial charge in [-0.25, -0.2) is 4.98 Å². The number of amides is 1. The van der Waals surface area contributed by atoms with E-state index in [9.17, 15) is 4.79 Å². The van der Waals surface area contributed by atoms with Crippen molar-refractivity contribution in [2.75, 3.05) is 5.75 Å². The second kappa shape index (κ2) is 8.23. The molecule has 0 saturated heterocycles. The van der Waals surface area contributed by atoms with Crippen molar-refractivity contribution in [2.45, 2.75) is 32.5 Å². The van der Waals surface area contributed by atoms with Crippen LogP contribution in [-0.4, -0.2) is 21.2 Å². The summed E-state index contributed by atoms with van der Waals surface area (Å²) < 4.78 is 2.03. The molecule has 2 aromatic carbocycles. The Morgan fingerprint density at radius 3 is 2.69 bits per heavy atom. The lowest BCUT2D eigenvalue weighted by Crippen LogP contribution is -2.25. The Hall–Kier alpha value is -2.53. The Morgan fingerprint density at radius 2 is 1.92 bits per heavy atom. The number of nitrogens with zero attached hydrogens (tertiary/aromatic N) is 2.